The number of hydrogen-bond acceptors (Lipinski definition) is 3. The van der Waals surface area contributed by atoms with Gasteiger partial charge >= 0.3 is 0 Å². The molecule has 0 heterocycles. The van der Waals surface area contributed by atoms with Gasteiger partial charge in [-0.3, -0.25) is 0 Å². The maximum atomic E-state index is 8.85. The summed E-state index contributed by atoms with van der Waals surface area (Å²) in [7, 11) is 0. The van der Waals surface area contributed by atoms with E-state index in [4.69, 9.17) is 10.3 Å². The van der Waals surface area contributed by atoms with Gasteiger partial charge in [0.05, 0.1) is 6.61 Å². The van der Waals surface area contributed by atoms with Crippen molar-refractivity contribution in [3.05, 3.63) is 48.0 Å². The molecule has 0 aromatic heterocycles. The first kappa shape index (κ1) is 10.5. The van der Waals surface area contributed by atoms with Gasteiger partial charge in [0.25, 0.3) is 0 Å². The molecule has 0 aliphatic rings. The van der Waals surface area contributed by atoms with Gasteiger partial charge in [-0.1, -0.05) is 35.5 Å². The van der Waals surface area contributed by atoms with Crippen LogP contribution >= 0.6 is 0 Å². The van der Waals surface area contributed by atoms with Gasteiger partial charge in [0.15, 0.2) is 0 Å². The molecule has 0 atom stereocenters. The number of hydrogen-bond donors (Lipinski definition) is 2. The van der Waals surface area contributed by atoms with Gasteiger partial charge in [0, 0.05) is 5.56 Å². The minimum atomic E-state index is -0.267. The number of aliphatic hydroxyl groups excluding tert-OH is 1. The molecule has 0 saturated heterocycles. The highest BCUT2D eigenvalue weighted by Crippen LogP contribution is 2.06. The Morgan fingerprint density at radius 2 is 2.00 bits per heavy atom. The summed E-state index contributed by atoms with van der Waals surface area (Å²) in [6.07, 6.45) is 2.63. The zero-order valence-electron chi connectivity index (χ0n) is 7.85. The Balaban J connectivity index is 2.87. The Kier molecular flexibility index (Phi) is 3.88. The highest BCUT2D eigenvalue weighted by molar-refractivity contribution is 6.01. The third kappa shape index (κ3) is 2.44. The van der Waals surface area contributed by atoms with E-state index in [9.17, 15) is 0 Å². The summed E-state index contributed by atoms with van der Waals surface area (Å²) in [4.78, 5) is 0. The van der Waals surface area contributed by atoms with Crippen molar-refractivity contribution in [3.8, 4) is 0 Å². The van der Waals surface area contributed by atoms with Crippen molar-refractivity contribution in [2.45, 2.75) is 6.42 Å². The van der Waals surface area contributed by atoms with E-state index in [1.807, 2.05) is 30.3 Å². The molecular formula is C11H13NO2. The van der Waals surface area contributed by atoms with Crippen molar-refractivity contribution in [1.29, 1.82) is 0 Å². The van der Waals surface area contributed by atoms with Crippen molar-refractivity contribution >= 4 is 5.71 Å². The topological polar surface area (TPSA) is 52.8 Å². The zero-order chi connectivity index (χ0) is 10.4. The molecule has 1 aromatic rings. The van der Waals surface area contributed by atoms with Crippen LogP contribution in [-0.2, 0) is 6.42 Å². The van der Waals surface area contributed by atoms with E-state index < -0.39 is 0 Å². The third-order valence-electron chi connectivity index (χ3n) is 1.94. The lowest BCUT2D eigenvalue weighted by atomic mass is 10.1. The minimum absolute atomic E-state index is 0.267. The van der Waals surface area contributed by atoms with Crippen molar-refractivity contribution < 1.29 is 10.3 Å². The number of oxime groups is 1. The fourth-order valence-corrected chi connectivity index (χ4v) is 1.18. The van der Waals surface area contributed by atoms with E-state index in [1.54, 1.807) is 0 Å². The molecule has 1 rings (SSSR count). The average molecular weight is 191 g/mol. The Labute approximate surface area is 83.0 Å². The van der Waals surface area contributed by atoms with Crippen molar-refractivity contribution in [2.75, 3.05) is 6.61 Å². The van der Waals surface area contributed by atoms with Crippen LogP contribution in [0.15, 0.2) is 42.1 Å². The highest BCUT2D eigenvalue weighted by Gasteiger charge is 2.01. The molecule has 2 N–H and O–H groups in total. The molecule has 3 nitrogen and oxygen atoms in total. The Morgan fingerprint density at radius 1 is 1.36 bits per heavy atom. The number of allylic oxidation sites excluding steroid dienone is 1. The van der Waals surface area contributed by atoms with Gasteiger partial charge in [-0.25, -0.2) is 0 Å². The first-order chi connectivity index (χ1) is 6.81. The van der Waals surface area contributed by atoms with Crippen LogP contribution in [0.4, 0.5) is 0 Å². The van der Waals surface area contributed by atoms with E-state index in [-0.39, 0.29) is 12.3 Å². The summed E-state index contributed by atoms with van der Waals surface area (Å²) in [5, 5.41) is 20.4. The number of nitrogens with zero attached hydrogens (tertiary/aromatic N) is 1. The Morgan fingerprint density at radius 3 is 2.43 bits per heavy atom. The molecule has 0 spiro atoms. The molecule has 0 saturated carbocycles. The molecular weight excluding hydrogens is 178 g/mol. The van der Waals surface area contributed by atoms with Gasteiger partial charge in [-0.2, -0.15) is 0 Å². The van der Waals surface area contributed by atoms with E-state index in [2.05, 4.69) is 11.7 Å². The molecule has 14 heavy (non-hydrogen) atoms. The second kappa shape index (κ2) is 5.19. The summed E-state index contributed by atoms with van der Waals surface area (Å²) in [6.45, 7) is 3.38. The standard InChI is InChI=1S/C11H13NO2/c1-2-3-9-4-6-10(7-5-9)11(8-13)12-14/h2,4-7,13-14H,1,3,8H2. The molecule has 0 aliphatic heterocycles. The van der Waals surface area contributed by atoms with E-state index in [0.717, 1.165) is 17.5 Å². The lowest BCUT2D eigenvalue weighted by molar-refractivity contribution is 0.304. The first-order valence-corrected chi connectivity index (χ1v) is 4.33. The molecule has 0 unspecified atom stereocenters. The van der Waals surface area contributed by atoms with E-state index >= 15 is 0 Å². The Bertz CT molecular complexity index is 328. The highest BCUT2D eigenvalue weighted by atomic mass is 16.4. The Hall–Kier alpha value is -1.61. The average Bonchev–Trinajstić information content (AvgIpc) is 2.23. The van der Waals surface area contributed by atoms with Crippen molar-refractivity contribution in [2.24, 2.45) is 5.16 Å². The van der Waals surface area contributed by atoms with Crippen LogP contribution in [0.25, 0.3) is 0 Å². The fraction of sp³-hybridized carbons (Fsp3) is 0.182. The van der Waals surface area contributed by atoms with Crippen LogP contribution in [-0.4, -0.2) is 22.6 Å². The molecule has 0 aliphatic carbocycles. The maximum absolute atomic E-state index is 8.85. The predicted octanol–water partition coefficient (Wildman–Crippen LogP) is 1.59. The molecule has 0 bridgehead atoms. The molecule has 0 amide bonds. The first-order valence-electron chi connectivity index (χ1n) is 4.33. The number of rotatable bonds is 4. The summed E-state index contributed by atoms with van der Waals surface area (Å²) in [5.41, 5.74) is 2.14. The normalized spacial score (nSPS) is 11.4. The van der Waals surface area contributed by atoms with Crippen molar-refractivity contribution in [1.82, 2.24) is 0 Å². The van der Waals surface area contributed by atoms with E-state index in [0.29, 0.717) is 0 Å². The van der Waals surface area contributed by atoms with Gasteiger partial charge < -0.3 is 10.3 Å². The second-order valence-corrected chi connectivity index (χ2v) is 2.89. The summed E-state index contributed by atoms with van der Waals surface area (Å²) in [6, 6.07) is 7.45. The molecule has 3 heteroatoms. The van der Waals surface area contributed by atoms with Crippen molar-refractivity contribution in [3.63, 3.8) is 0 Å². The van der Waals surface area contributed by atoms with Gasteiger partial charge in [-0.15, -0.1) is 6.58 Å². The molecule has 74 valence electrons. The summed E-state index contributed by atoms with van der Waals surface area (Å²) < 4.78 is 0. The minimum Gasteiger partial charge on any atom is -0.411 e. The molecule has 1 aromatic carbocycles. The second-order valence-electron chi connectivity index (χ2n) is 2.89. The van der Waals surface area contributed by atoms with Crippen LogP contribution in [0, 0.1) is 0 Å². The predicted molar refractivity (Wildman–Crippen MR) is 55.8 cm³/mol. The SMILES string of the molecule is C=CCc1ccc(C(CO)=NO)cc1. The third-order valence-corrected chi connectivity index (χ3v) is 1.94. The van der Waals surface area contributed by atoms with Gasteiger partial charge in [0.1, 0.15) is 5.71 Å². The summed E-state index contributed by atoms with van der Waals surface area (Å²) >= 11 is 0. The maximum Gasteiger partial charge on any atom is 0.112 e. The van der Waals surface area contributed by atoms with Crippen LogP contribution in [0.1, 0.15) is 11.1 Å². The summed E-state index contributed by atoms with van der Waals surface area (Å²) in [5.74, 6) is 0. The van der Waals surface area contributed by atoms with Crippen LogP contribution in [0.5, 0.6) is 0 Å². The van der Waals surface area contributed by atoms with Crippen LogP contribution in [0.2, 0.25) is 0 Å². The molecule has 0 fully saturated rings. The van der Waals surface area contributed by atoms with E-state index in [1.165, 1.54) is 0 Å². The lowest BCUT2D eigenvalue weighted by Crippen LogP contribution is -2.06. The van der Waals surface area contributed by atoms with Gasteiger partial charge in [-0.05, 0) is 12.0 Å². The largest absolute Gasteiger partial charge is 0.411 e. The van der Waals surface area contributed by atoms with Crippen LogP contribution in [0.3, 0.4) is 0 Å². The van der Waals surface area contributed by atoms with Crippen LogP contribution < -0.4 is 0 Å². The lowest BCUT2D eigenvalue weighted by Gasteiger charge is -2.02. The smallest absolute Gasteiger partial charge is 0.112 e. The molecule has 0 radical (unpaired) electrons. The number of aliphatic hydroxyl groups is 1. The number of benzene rings is 1. The fourth-order valence-electron chi connectivity index (χ4n) is 1.18. The van der Waals surface area contributed by atoms with Gasteiger partial charge in [0.2, 0.25) is 0 Å². The zero-order valence-corrected chi connectivity index (χ0v) is 7.85. The quantitative estimate of drug-likeness (QED) is 0.328. The monoisotopic (exact) mass is 191 g/mol.